The van der Waals surface area contributed by atoms with Crippen LogP contribution in [0.2, 0.25) is 0 Å². The van der Waals surface area contributed by atoms with Crippen LogP contribution in [0, 0.1) is 34.3 Å². The molecule has 8 nitrogen and oxygen atoms in total. The fourth-order valence-electron chi connectivity index (χ4n) is 4.83. The van der Waals surface area contributed by atoms with Crippen molar-refractivity contribution in [2.75, 3.05) is 26.2 Å². The third-order valence-corrected chi connectivity index (χ3v) is 6.91. The molecule has 0 saturated carbocycles. The zero-order valence-electron chi connectivity index (χ0n) is 20.5. The highest BCUT2D eigenvalue weighted by atomic mass is 35.5. The Morgan fingerprint density at radius 2 is 1.87 bits per heavy atom. The smallest absolute Gasteiger partial charge is 0.319 e. The summed E-state index contributed by atoms with van der Waals surface area (Å²) in [5.41, 5.74) is 1.06. The van der Waals surface area contributed by atoms with Crippen LogP contribution >= 0.6 is 12.4 Å². The Morgan fingerprint density at radius 3 is 2.55 bits per heavy atom. The molecule has 0 aliphatic carbocycles. The van der Waals surface area contributed by atoms with Crippen molar-refractivity contribution in [3.8, 4) is 12.1 Å². The van der Waals surface area contributed by atoms with Crippen LogP contribution < -0.4 is 16.0 Å². The number of urea groups is 1. The van der Waals surface area contributed by atoms with E-state index < -0.39 is 35.0 Å². The van der Waals surface area contributed by atoms with Crippen molar-refractivity contribution >= 4 is 24.3 Å². The number of hydrogen-bond donors (Lipinski definition) is 3. The van der Waals surface area contributed by atoms with Crippen LogP contribution in [0.3, 0.4) is 0 Å². The van der Waals surface area contributed by atoms with Gasteiger partial charge in [0, 0.05) is 12.7 Å². The molecule has 1 unspecified atom stereocenters. The molecular formula is C27H27ClF2N6O2. The summed E-state index contributed by atoms with van der Waals surface area (Å²) in [6.07, 6.45) is 3.15. The Labute approximate surface area is 225 Å². The summed E-state index contributed by atoms with van der Waals surface area (Å²) in [5.74, 6) is -2.52. The summed E-state index contributed by atoms with van der Waals surface area (Å²) >= 11 is 0. The van der Waals surface area contributed by atoms with Gasteiger partial charge in [-0.1, -0.05) is 24.3 Å². The first-order chi connectivity index (χ1) is 17.9. The standard InChI is InChI=1S/C27H26F2N6O2.ClH/c28-22-7-6-18(14-23(22)29)24-20(16-33-26(37)34-24)25(36)32-10-3-11-35-12-8-27(17-31,9-13-35)21-5-2-1-4-19(21)15-30;/h1-2,4-7,14,16,24H,3,8-13H2,(H,32,36)(H2,33,34,37);1H. The fraction of sp³-hybridized carbons (Fsp3) is 0.333. The van der Waals surface area contributed by atoms with E-state index in [0.29, 0.717) is 51.0 Å². The average Bonchev–Trinajstić information content (AvgIpc) is 2.93. The van der Waals surface area contributed by atoms with E-state index in [-0.39, 0.29) is 23.5 Å². The Balaban J connectivity index is 0.00000400. The topological polar surface area (TPSA) is 121 Å². The van der Waals surface area contributed by atoms with Crippen LogP contribution in [0.25, 0.3) is 0 Å². The lowest BCUT2D eigenvalue weighted by Gasteiger charge is -2.38. The van der Waals surface area contributed by atoms with Crippen molar-refractivity contribution in [1.29, 1.82) is 10.5 Å². The Morgan fingerprint density at radius 1 is 1.13 bits per heavy atom. The third kappa shape index (κ3) is 6.10. The zero-order valence-corrected chi connectivity index (χ0v) is 21.3. The van der Waals surface area contributed by atoms with Crippen molar-refractivity contribution in [3.05, 3.63) is 82.6 Å². The number of likely N-dealkylation sites (tertiary alicyclic amines) is 1. The van der Waals surface area contributed by atoms with Gasteiger partial charge in [-0.2, -0.15) is 10.5 Å². The maximum Gasteiger partial charge on any atom is 0.319 e. The van der Waals surface area contributed by atoms with Crippen LogP contribution in [0.5, 0.6) is 0 Å². The van der Waals surface area contributed by atoms with Gasteiger partial charge in [-0.25, -0.2) is 13.6 Å². The van der Waals surface area contributed by atoms with Crippen LogP contribution in [0.4, 0.5) is 13.6 Å². The molecule has 0 spiro atoms. The molecule has 2 aromatic rings. The Bertz CT molecular complexity index is 1310. The van der Waals surface area contributed by atoms with Crippen LogP contribution in [0.1, 0.15) is 42.0 Å². The summed E-state index contributed by atoms with van der Waals surface area (Å²) in [4.78, 5) is 26.8. The molecule has 2 heterocycles. The van der Waals surface area contributed by atoms with E-state index in [1.165, 1.54) is 12.3 Å². The monoisotopic (exact) mass is 540 g/mol. The minimum absolute atomic E-state index is 0. The first kappa shape index (κ1) is 28.6. The van der Waals surface area contributed by atoms with E-state index in [9.17, 15) is 28.9 Å². The van der Waals surface area contributed by atoms with E-state index in [1.807, 2.05) is 12.1 Å². The maximum absolute atomic E-state index is 13.7. The highest BCUT2D eigenvalue weighted by Gasteiger charge is 2.38. The SMILES string of the molecule is Cl.N#Cc1ccccc1C1(C#N)CCN(CCCNC(=O)C2=CNC(=O)NC2c2ccc(F)c(F)c2)CC1. The lowest BCUT2D eigenvalue weighted by Crippen LogP contribution is -2.45. The lowest BCUT2D eigenvalue weighted by molar-refractivity contribution is -0.117. The van der Waals surface area contributed by atoms with E-state index >= 15 is 0 Å². The highest BCUT2D eigenvalue weighted by molar-refractivity contribution is 5.97. The molecule has 2 aliphatic heterocycles. The second kappa shape index (κ2) is 12.5. The first-order valence-electron chi connectivity index (χ1n) is 12.0. The molecule has 2 aliphatic rings. The molecule has 1 fully saturated rings. The molecule has 4 rings (SSSR count). The number of carbonyl (C=O) groups excluding carboxylic acids is 2. The van der Waals surface area contributed by atoms with Gasteiger partial charge >= 0.3 is 6.03 Å². The quantitative estimate of drug-likeness (QED) is 0.464. The Kier molecular flexibility index (Phi) is 9.40. The number of benzene rings is 2. The van der Waals surface area contributed by atoms with Crippen LogP contribution in [0.15, 0.2) is 54.2 Å². The normalized spacial score (nSPS) is 18.5. The molecule has 198 valence electrons. The lowest BCUT2D eigenvalue weighted by atomic mass is 9.72. The third-order valence-electron chi connectivity index (χ3n) is 6.91. The second-order valence-corrected chi connectivity index (χ2v) is 9.13. The predicted molar refractivity (Wildman–Crippen MR) is 138 cm³/mol. The van der Waals surface area contributed by atoms with Crippen molar-refractivity contribution in [3.63, 3.8) is 0 Å². The minimum Gasteiger partial charge on any atom is -0.352 e. The molecule has 3 N–H and O–H groups in total. The minimum atomic E-state index is -1.07. The first-order valence-corrected chi connectivity index (χ1v) is 12.0. The van der Waals surface area contributed by atoms with Gasteiger partial charge in [0.05, 0.1) is 34.7 Å². The molecule has 2 aromatic carbocycles. The van der Waals surface area contributed by atoms with Crippen LogP contribution in [-0.2, 0) is 10.2 Å². The predicted octanol–water partition coefficient (Wildman–Crippen LogP) is 3.56. The largest absolute Gasteiger partial charge is 0.352 e. The second-order valence-electron chi connectivity index (χ2n) is 9.13. The van der Waals surface area contributed by atoms with E-state index in [2.05, 4.69) is 33.0 Å². The summed E-state index contributed by atoms with van der Waals surface area (Å²) < 4.78 is 27.1. The van der Waals surface area contributed by atoms with E-state index in [1.54, 1.807) is 12.1 Å². The summed E-state index contributed by atoms with van der Waals surface area (Å²) in [5, 5.41) is 27.2. The van der Waals surface area contributed by atoms with Gasteiger partial charge in [0.1, 0.15) is 0 Å². The molecule has 11 heteroatoms. The Hall–Kier alpha value is -3.99. The van der Waals surface area contributed by atoms with Crippen molar-refractivity contribution in [2.24, 2.45) is 0 Å². The number of piperidine rings is 1. The van der Waals surface area contributed by atoms with Crippen molar-refractivity contribution < 1.29 is 18.4 Å². The van der Waals surface area contributed by atoms with Gasteiger partial charge < -0.3 is 20.9 Å². The summed E-state index contributed by atoms with van der Waals surface area (Å²) in [7, 11) is 0. The molecule has 3 amide bonds. The van der Waals surface area contributed by atoms with Gasteiger partial charge in [-0.15, -0.1) is 12.4 Å². The molecule has 0 bridgehead atoms. The number of nitriles is 2. The molecular weight excluding hydrogens is 514 g/mol. The molecule has 38 heavy (non-hydrogen) atoms. The van der Waals surface area contributed by atoms with E-state index in [0.717, 1.165) is 17.7 Å². The van der Waals surface area contributed by atoms with Gasteiger partial charge in [0.25, 0.3) is 5.91 Å². The van der Waals surface area contributed by atoms with Crippen molar-refractivity contribution in [2.45, 2.75) is 30.7 Å². The van der Waals surface area contributed by atoms with Crippen LogP contribution in [-0.4, -0.2) is 43.0 Å². The highest BCUT2D eigenvalue weighted by Crippen LogP contribution is 2.36. The zero-order chi connectivity index (χ0) is 26.4. The van der Waals surface area contributed by atoms with E-state index in [4.69, 9.17) is 0 Å². The summed E-state index contributed by atoms with van der Waals surface area (Å²) in [6.45, 7) is 2.47. The maximum atomic E-state index is 13.7. The number of nitrogens with zero attached hydrogens (tertiary/aromatic N) is 3. The van der Waals surface area contributed by atoms with Gasteiger partial charge in [-0.05, 0) is 68.2 Å². The van der Waals surface area contributed by atoms with Gasteiger partial charge in [0.15, 0.2) is 11.6 Å². The fourth-order valence-corrected chi connectivity index (χ4v) is 4.83. The van der Waals surface area contributed by atoms with Gasteiger partial charge in [-0.3, -0.25) is 4.79 Å². The van der Waals surface area contributed by atoms with Gasteiger partial charge in [0.2, 0.25) is 0 Å². The number of carbonyl (C=O) groups is 2. The number of rotatable bonds is 7. The van der Waals surface area contributed by atoms with Crippen molar-refractivity contribution in [1.82, 2.24) is 20.9 Å². The molecule has 0 aromatic heterocycles. The molecule has 0 radical (unpaired) electrons. The summed E-state index contributed by atoms with van der Waals surface area (Å²) in [6, 6.07) is 13.7. The number of amides is 3. The number of nitrogens with one attached hydrogen (secondary N) is 3. The number of halogens is 3. The average molecular weight is 541 g/mol. The number of hydrogen-bond acceptors (Lipinski definition) is 5. The molecule has 1 atom stereocenters. The molecule has 1 saturated heterocycles.